The molecule has 28 heavy (non-hydrogen) atoms. The lowest BCUT2D eigenvalue weighted by Gasteiger charge is -2.29. The lowest BCUT2D eigenvalue weighted by atomic mass is 10.00. The third-order valence-corrected chi connectivity index (χ3v) is 5.53. The van der Waals surface area contributed by atoms with Gasteiger partial charge in [-0.05, 0) is 30.0 Å². The van der Waals surface area contributed by atoms with Crippen LogP contribution in [0.25, 0.3) is 11.1 Å². The van der Waals surface area contributed by atoms with Gasteiger partial charge in [0.05, 0.1) is 5.52 Å². The summed E-state index contributed by atoms with van der Waals surface area (Å²) < 4.78 is 7.92. The molecule has 1 amide bonds. The van der Waals surface area contributed by atoms with Crippen LogP contribution < -0.4 is 0 Å². The molecule has 140 valence electrons. The fourth-order valence-electron chi connectivity index (χ4n) is 4.11. The molecule has 0 fully saturated rings. The minimum absolute atomic E-state index is 0.0643. The van der Waals surface area contributed by atoms with Crippen molar-refractivity contribution in [2.75, 3.05) is 6.54 Å². The molecule has 5 rings (SSSR count). The van der Waals surface area contributed by atoms with E-state index >= 15 is 0 Å². The SMILES string of the molecule is Cc1cc2c(cc(C(=O)N3CCc4ccccc4C3)n2Cc2ccccc2)o1. The average Bonchev–Trinajstić information content (AvgIpc) is 3.25. The van der Waals surface area contributed by atoms with E-state index in [1.54, 1.807) is 0 Å². The first-order valence-electron chi connectivity index (χ1n) is 9.69. The molecular weight excluding hydrogens is 348 g/mol. The van der Waals surface area contributed by atoms with E-state index in [1.165, 1.54) is 11.1 Å². The number of rotatable bonds is 3. The van der Waals surface area contributed by atoms with Gasteiger partial charge in [-0.1, -0.05) is 54.6 Å². The van der Waals surface area contributed by atoms with Crippen LogP contribution in [0, 0.1) is 6.92 Å². The summed E-state index contributed by atoms with van der Waals surface area (Å²) in [6.07, 6.45) is 0.899. The van der Waals surface area contributed by atoms with Gasteiger partial charge in [-0.25, -0.2) is 0 Å². The summed E-state index contributed by atoms with van der Waals surface area (Å²) in [5.41, 5.74) is 6.18. The van der Waals surface area contributed by atoms with E-state index in [-0.39, 0.29) is 5.91 Å². The highest BCUT2D eigenvalue weighted by Crippen LogP contribution is 2.27. The monoisotopic (exact) mass is 370 g/mol. The Kier molecular flexibility index (Phi) is 4.05. The molecule has 0 atom stereocenters. The minimum Gasteiger partial charge on any atom is -0.460 e. The van der Waals surface area contributed by atoms with Crippen LogP contribution in [0.15, 0.2) is 71.1 Å². The Labute approximate surface area is 164 Å². The van der Waals surface area contributed by atoms with Crippen molar-refractivity contribution in [2.24, 2.45) is 0 Å². The fourth-order valence-corrected chi connectivity index (χ4v) is 4.11. The molecule has 0 saturated heterocycles. The smallest absolute Gasteiger partial charge is 0.270 e. The zero-order valence-electron chi connectivity index (χ0n) is 15.9. The standard InChI is InChI=1S/C24H22N2O2/c1-17-13-21-23(28-17)14-22(26(21)15-18-7-3-2-4-8-18)24(27)25-12-11-19-9-5-6-10-20(19)16-25/h2-10,13-14H,11-12,15-16H2,1H3. The third kappa shape index (κ3) is 2.91. The van der Waals surface area contributed by atoms with Gasteiger partial charge >= 0.3 is 0 Å². The predicted octanol–water partition coefficient (Wildman–Crippen LogP) is 4.79. The first-order chi connectivity index (χ1) is 13.7. The second kappa shape index (κ2) is 6.71. The van der Waals surface area contributed by atoms with Gasteiger partial charge in [-0.3, -0.25) is 4.79 Å². The third-order valence-electron chi connectivity index (χ3n) is 5.53. The number of carbonyl (C=O) groups is 1. The topological polar surface area (TPSA) is 38.4 Å². The van der Waals surface area contributed by atoms with Crippen molar-refractivity contribution in [3.63, 3.8) is 0 Å². The van der Waals surface area contributed by atoms with Gasteiger partial charge in [-0.2, -0.15) is 0 Å². The van der Waals surface area contributed by atoms with Crippen LogP contribution in [0.5, 0.6) is 0 Å². The molecular formula is C24H22N2O2. The number of furan rings is 1. The molecule has 0 aliphatic carbocycles. The lowest BCUT2D eigenvalue weighted by molar-refractivity contribution is 0.0724. The zero-order chi connectivity index (χ0) is 19.1. The fraction of sp³-hybridized carbons (Fsp3) is 0.208. The van der Waals surface area contributed by atoms with E-state index < -0.39 is 0 Å². The molecule has 0 N–H and O–H groups in total. The summed E-state index contributed by atoms with van der Waals surface area (Å²) in [6.45, 7) is 3.99. The quantitative estimate of drug-likeness (QED) is 0.520. The number of nitrogens with zero attached hydrogens (tertiary/aromatic N) is 2. The van der Waals surface area contributed by atoms with Gasteiger partial charge in [0.15, 0.2) is 5.58 Å². The number of hydrogen-bond donors (Lipinski definition) is 0. The Morgan fingerprint density at radius 3 is 2.57 bits per heavy atom. The molecule has 4 heteroatoms. The summed E-state index contributed by atoms with van der Waals surface area (Å²) in [5.74, 6) is 0.923. The Morgan fingerprint density at radius 2 is 1.75 bits per heavy atom. The molecule has 0 radical (unpaired) electrons. The van der Waals surface area contributed by atoms with Crippen molar-refractivity contribution in [1.29, 1.82) is 0 Å². The van der Waals surface area contributed by atoms with Gasteiger partial charge in [-0.15, -0.1) is 0 Å². The van der Waals surface area contributed by atoms with Crippen LogP contribution in [-0.4, -0.2) is 21.9 Å². The molecule has 2 aromatic carbocycles. The summed E-state index contributed by atoms with van der Waals surface area (Å²) in [4.78, 5) is 15.4. The highest BCUT2D eigenvalue weighted by molar-refractivity contribution is 5.97. The summed E-state index contributed by atoms with van der Waals surface area (Å²) in [6, 6.07) is 22.5. The Bertz CT molecular complexity index is 1150. The molecule has 4 aromatic rings. The molecule has 0 saturated carbocycles. The first-order valence-corrected chi connectivity index (χ1v) is 9.69. The number of benzene rings is 2. The number of amides is 1. The number of carbonyl (C=O) groups excluding carboxylic acids is 1. The number of aromatic nitrogens is 1. The van der Waals surface area contributed by atoms with E-state index in [1.807, 2.05) is 48.2 Å². The van der Waals surface area contributed by atoms with Gasteiger partial charge < -0.3 is 13.9 Å². The maximum Gasteiger partial charge on any atom is 0.270 e. The van der Waals surface area contributed by atoms with Crippen LogP contribution >= 0.6 is 0 Å². The Morgan fingerprint density at radius 1 is 1.00 bits per heavy atom. The highest BCUT2D eigenvalue weighted by Gasteiger charge is 2.26. The van der Waals surface area contributed by atoms with Crippen molar-refractivity contribution >= 4 is 17.0 Å². The van der Waals surface area contributed by atoms with Crippen LogP contribution in [-0.2, 0) is 19.5 Å². The van der Waals surface area contributed by atoms with Crippen LogP contribution in [0.4, 0.5) is 0 Å². The molecule has 4 nitrogen and oxygen atoms in total. The van der Waals surface area contributed by atoms with Crippen molar-refractivity contribution in [1.82, 2.24) is 9.47 Å². The van der Waals surface area contributed by atoms with E-state index in [2.05, 4.69) is 34.9 Å². The molecule has 1 aliphatic rings. The van der Waals surface area contributed by atoms with Gasteiger partial charge in [0.25, 0.3) is 5.91 Å². The van der Waals surface area contributed by atoms with Crippen molar-refractivity contribution in [2.45, 2.75) is 26.4 Å². The summed E-state index contributed by atoms with van der Waals surface area (Å²) >= 11 is 0. The van der Waals surface area contributed by atoms with E-state index in [9.17, 15) is 4.79 Å². The minimum atomic E-state index is 0.0643. The molecule has 0 bridgehead atoms. The van der Waals surface area contributed by atoms with E-state index in [0.717, 1.165) is 35.4 Å². The number of fused-ring (bicyclic) bond motifs is 2. The number of hydrogen-bond acceptors (Lipinski definition) is 2. The normalized spacial score (nSPS) is 13.7. The summed E-state index contributed by atoms with van der Waals surface area (Å²) in [7, 11) is 0. The van der Waals surface area contributed by atoms with Crippen molar-refractivity contribution in [3.05, 3.63) is 94.9 Å². The Hall–Kier alpha value is -3.27. The maximum atomic E-state index is 13.4. The van der Waals surface area contributed by atoms with Crippen LogP contribution in [0.2, 0.25) is 0 Å². The molecule has 1 aliphatic heterocycles. The number of aryl methyl sites for hydroxylation is 1. The molecule has 0 unspecified atom stereocenters. The second-order valence-electron chi connectivity index (χ2n) is 7.45. The molecule has 3 heterocycles. The maximum absolute atomic E-state index is 13.4. The second-order valence-corrected chi connectivity index (χ2v) is 7.45. The van der Waals surface area contributed by atoms with Crippen molar-refractivity contribution < 1.29 is 9.21 Å². The first kappa shape index (κ1) is 16.9. The molecule has 2 aromatic heterocycles. The Balaban J connectivity index is 1.52. The van der Waals surface area contributed by atoms with Crippen molar-refractivity contribution in [3.8, 4) is 0 Å². The van der Waals surface area contributed by atoms with E-state index in [4.69, 9.17) is 4.42 Å². The van der Waals surface area contributed by atoms with E-state index in [0.29, 0.717) is 18.8 Å². The highest BCUT2D eigenvalue weighted by atomic mass is 16.3. The van der Waals surface area contributed by atoms with Crippen LogP contribution in [0.1, 0.15) is 32.9 Å². The average molecular weight is 370 g/mol. The summed E-state index contributed by atoms with van der Waals surface area (Å²) in [5, 5.41) is 0. The predicted molar refractivity (Wildman–Crippen MR) is 109 cm³/mol. The van der Waals surface area contributed by atoms with Gasteiger partial charge in [0.1, 0.15) is 11.5 Å². The largest absolute Gasteiger partial charge is 0.460 e. The van der Waals surface area contributed by atoms with Crippen LogP contribution in [0.3, 0.4) is 0 Å². The van der Waals surface area contributed by atoms with Gasteiger partial charge in [0.2, 0.25) is 0 Å². The zero-order valence-corrected chi connectivity index (χ0v) is 15.9. The lowest BCUT2D eigenvalue weighted by Crippen LogP contribution is -2.37. The van der Waals surface area contributed by atoms with Gasteiger partial charge in [0, 0.05) is 31.8 Å². The molecule has 0 spiro atoms.